The smallest absolute Gasteiger partial charge is 0.252 e. The van der Waals surface area contributed by atoms with Gasteiger partial charge >= 0.3 is 0 Å². The fraction of sp³-hybridized carbons (Fsp3) is 0.143. The van der Waals surface area contributed by atoms with E-state index in [1.807, 2.05) is 49.4 Å². The van der Waals surface area contributed by atoms with Gasteiger partial charge in [0.2, 0.25) is 0 Å². The summed E-state index contributed by atoms with van der Waals surface area (Å²) in [5, 5.41) is 7.55. The lowest BCUT2D eigenvalue weighted by atomic mass is 9.91. The molecule has 0 spiro atoms. The van der Waals surface area contributed by atoms with Crippen molar-refractivity contribution >= 4 is 33.7 Å². The normalized spacial score (nSPS) is 13.7. The minimum Gasteiger partial charge on any atom is -0.456 e. The van der Waals surface area contributed by atoms with Gasteiger partial charge in [-0.25, -0.2) is 4.39 Å². The zero-order valence-electron chi connectivity index (χ0n) is 23.6. The van der Waals surface area contributed by atoms with E-state index < -0.39 is 5.54 Å². The Hall–Kier alpha value is -5.37. The van der Waals surface area contributed by atoms with E-state index in [9.17, 15) is 14.0 Å². The first-order valence-corrected chi connectivity index (χ1v) is 14.0. The van der Waals surface area contributed by atoms with Gasteiger partial charge < -0.3 is 15.1 Å². The highest BCUT2D eigenvalue weighted by atomic mass is 19.1. The summed E-state index contributed by atoms with van der Waals surface area (Å²) in [6.45, 7) is 1.95. The van der Waals surface area contributed by atoms with Gasteiger partial charge in [0.1, 0.15) is 17.2 Å². The molecule has 212 valence electrons. The Balaban J connectivity index is 1.26. The Labute approximate surface area is 246 Å². The van der Waals surface area contributed by atoms with E-state index in [2.05, 4.69) is 15.6 Å². The zero-order chi connectivity index (χ0) is 29.7. The number of nitrogens with one attached hydrogen (secondary N) is 2. The summed E-state index contributed by atoms with van der Waals surface area (Å²) in [6, 6.07) is 22.8. The van der Waals surface area contributed by atoms with Crippen LogP contribution in [0.15, 0.2) is 95.7 Å². The molecule has 1 aliphatic rings. The minimum atomic E-state index is -0.515. The maximum Gasteiger partial charge on any atom is 0.252 e. The van der Waals surface area contributed by atoms with Crippen LogP contribution in [-0.2, 0) is 5.54 Å². The van der Waals surface area contributed by atoms with Crippen molar-refractivity contribution in [3.05, 3.63) is 119 Å². The van der Waals surface area contributed by atoms with Crippen LogP contribution >= 0.6 is 0 Å². The van der Waals surface area contributed by atoms with Crippen molar-refractivity contribution in [2.75, 3.05) is 7.05 Å². The molecular formula is C35H27FN4O3. The van der Waals surface area contributed by atoms with Crippen molar-refractivity contribution in [3.8, 4) is 22.5 Å². The zero-order valence-corrected chi connectivity index (χ0v) is 23.6. The Kier molecular flexibility index (Phi) is 6.27. The van der Waals surface area contributed by atoms with Crippen LogP contribution in [0.25, 0.3) is 44.3 Å². The molecule has 2 N–H and O–H groups in total. The maximum absolute atomic E-state index is 13.6. The second kappa shape index (κ2) is 10.2. The second-order valence-electron chi connectivity index (χ2n) is 10.9. The average molecular weight is 571 g/mol. The molecule has 0 atom stereocenters. The molecule has 8 heteroatoms. The van der Waals surface area contributed by atoms with Crippen LogP contribution in [0.1, 0.15) is 44.8 Å². The molecule has 3 heterocycles. The number of fused-ring (bicyclic) bond motifs is 2. The highest BCUT2D eigenvalue weighted by Crippen LogP contribution is 2.45. The fourth-order valence-corrected chi connectivity index (χ4v) is 5.61. The van der Waals surface area contributed by atoms with Crippen LogP contribution in [0.2, 0.25) is 0 Å². The number of amides is 2. The quantitative estimate of drug-likeness (QED) is 0.226. The molecule has 0 unspecified atom stereocenters. The highest BCUT2D eigenvalue weighted by molar-refractivity contribution is 6.12. The lowest BCUT2D eigenvalue weighted by molar-refractivity contribution is 0.0928. The third-order valence-corrected chi connectivity index (χ3v) is 8.16. The molecule has 43 heavy (non-hydrogen) atoms. The second-order valence-corrected chi connectivity index (χ2v) is 10.9. The molecule has 7 rings (SSSR count). The molecule has 0 radical (unpaired) electrons. The first kappa shape index (κ1) is 26.5. The first-order chi connectivity index (χ1) is 20.8. The Morgan fingerprint density at radius 2 is 1.72 bits per heavy atom. The molecule has 3 aromatic carbocycles. The third kappa shape index (κ3) is 4.70. The van der Waals surface area contributed by atoms with Gasteiger partial charge in [-0.1, -0.05) is 6.07 Å². The number of carbonyl (C=O) groups is 2. The first-order valence-electron chi connectivity index (χ1n) is 14.0. The van der Waals surface area contributed by atoms with Gasteiger partial charge in [-0.2, -0.15) is 0 Å². The number of pyridine rings is 2. The largest absolute Gasteiger partial charge is 0.456 e. The van der Waals surface area contributed by atoms with Crippen molar-refractivity contribution < 1.29 is 18.4 Å². The van der Waals surface area contributed by atoms with Crippen LogP contribution in [0.3, 0.4) is 0 Å². The van der Waals surface area contributed by atoms with Gasteiger partial charge in [-0.3, -0.25) is 19.6 Å². The average Bonchev–Trinajstić information content (AvgIpc) is 3.68. The molecule has 7 nitrogen and oxygen atoms in total. The van der Waals surface area contributed by atoms with E-state index in [1.165, 1.54) is 12.1 Å². The van der Waals surface area contributed by atoms with Crippen molar-refractivity contribution in [1.82, 2.24) is 20.6 Å². The summed E-state index contributed by atoms with van der Waals surface area (Å²) in [5.74, 6) is -0.308. The lowest BCUT2D eigenvalue weighted by Crippen LogP contribution is -2.35. The van der Waals surface area contributed by atoms with Gasteiger partial charge in [-0.15, -0.1) is 0 Å². The maximum atomic E-state index is 13.6. The van der Waals surface area contributed by atoms with E-state index in [4.69, 9.17) is 9.40 Å². The van der Waals surface area contributed by atoms with E-state index in [0.717, 1.165) is 40.6 Å². The summed E-state index contributed by atoms with van der Waals surface area (Å²) in [5.41, 5.74) is 5.65. The predicted octanol–water partition coefficient (Wildman–Crippen LogP) is 6.94. The third-order valence-electron chi connectivity index (χ3n) is 8.16. The number of nitrogens with zero attached hydrogens (tertiary/aromatic N) is 2. The topological polar surface area (TPSA) is 97.1 Å². The minimum absolute atomic E-state index is 0.208. The van der Waals surface area contributed by atoms with Crippen molar-refractivity contribution in [1.29, 1.82) is 0 Å². The Bertz CT molecular complexity index is 2060. The van der Waals surface area contributed by atoms with Crippen LogP contribution in [0, 0.1) is 12.7 Å². The Morgan fingerprint density at radius 1 is 0.907 bits per heavy atom. The molecule has 6 aromatic rings. The molecule has 1 aliphatic carbocycles. The van der Waals surface area contributed by atoms with E-state index in [0.29, 0.717) is 39.0 Å². The summed E-state index contributed by atoms with van der Waals surface area (Å²) >= 11 is 0. The van der Waals surface area contributed by atoms with Crippen molar-refractivity contribution in [2.24, 2.45) is 0 Å². The number of furan rings is 1. The standard InChI is InChI=1S/C35H27FN4O3/c1-20-3-4-22(33(41)40-35(14-15-35)31-12-7-23-19-38-16-13-28(23)39-31)17-26(20)25-10-11-29-27(32(25)34(42)37-2)18-30(43-29)21-5-8-24(36)9-6-21/h3-13,16-19H,14-15H2,1-2H3,(H,37,42)(H,40,41). The number of hydrogen-bond acceptors (Lipinski definition) is 5. The van der Waals surface area contributed by atoms with Gasteiger partial charge in [0.05, 0.1) is 22.3 Å². The number of benzene rings is 3. The molecule has 1 fully saturated rings. The van der Waals surface area contributed by atoms with Crippen molar-refractivity contribution in [3.63, 3.8) is 0 Å². The molecule has 0 aliphatic heterocycles. The van der Waals surface area contributed by atoms with Gasteiger partial charge in [0.15, 0.2) is 0 Å². The number of aryl methyl sites for hydroxylation is 1. The highest BCUT2D eigenvalue weighted by Gasteiger charge is 2.47. The predicted molar refractivity (Wildman–Crippen MR) is 163 cm³/mol. The van der Waals surface area contributed by atoms with Crippen LogP contribution in [-0.4, -0.2) is 28.8 Å². The van der Waals surface area contributed by atoms with Gasteiger partial charge in [-0.05, 0) is 109 Å². The van der Waals surface area contributed by atoms with E-state index >= 15 is 0 Å². The molecule has 3 aromatic heterocycles. The summed E-state index contributed by atoms with van der Waals surface area (Å²) < 4.78 is 19.6. The summed E-state index contributed by atoms with van der Waals surface area (Å²) in [7, 11) is 1.58. The van der Waals surface area contributed by atoms with Gasteiger partial charge in [0.25, 0.3) is 11.8 Å². The molecular weight excluding hydrogens is 543 g/mol. The summed E-state index contributed by atoms with van der Waals surface area (Å²) in [6.07, 6.45) is 5.09. The number of hydrogen-bond donors (Lipinski definition) is 2. The monoisotopic (exact) mass is 570 g/mol. The van der Waals surface area contributed by atoms with Crippen LogP contribution in [0.5, 0.6) is 0 Å². The van der Waals surface area contributed by atoms with Crippen LogP contribution in [0.4, 0.5) is 4.39 Å². The number of aromatic nitrogens is 2. The van der Waals surface area contributed by atoms with Crippen LogP contribution < -0.4 is 10.6 Å². The number of carbonyl (C=O) groups excluding carboxylic acids is 2. The fourth-order valence-electron chi connectivity index (χ4n) is 5.61. The van der Waals surface area contributed by atoms with E-state index in [1.54, 1.807) is 43.7 Å². The molecule has 0 bridgehead atoms. The van der Waals surface area contributed by atoms with Crippen molar-refractivity contribution in [2.45, 2.75) is 25.3 Å². The number of rotatable bonds is 6. The van der Waals surface area contributed by atoms with Gasteiger partial charge in [0, 0.05) is 41.3 Å². The Morgan fingerprint density at radius 3 is 2.49 bits per heavy atom. The van der Waals surface area contributed by atoms with E-state index in [-0.39, 0.29) is 17.6 Å². The molecule has 1 saturated carbocycles. The SMILES string of the molecule is CNC(=O)c1c(-c2cc(C(=O)NC3(c4ccc5cnccc5n4)CC3)ccc2C)ccc2oc(-c3ccc(F)cc3)cc12. The molecule has 0 saturated heterocycles. The number of halogens is 1. The molecule has 2 amide bonds. The summed E-state index contributed by atoms with van der Waals surface area (Å²) in [4.78, 5) is 35.9. The lowest BCUT2D eigenvalue weighted by Gasteiger charge is -2.19.